The number of unbranched alkanes of at least 4 members (excludes halogenated alkanes) is 11. The van der Waals surface area contributed by atoms with Gasteiger partial charge in [0.2, 0.25) is 0 Å². The van der Waals surface area contributed by atoms with Gasteiger partial charge >= 0.3 is 5.97 Å². The summed E-state index contributed by atoms with van der Waals surface area (Å²) in [5.41, 5.74) is 0. The van der Waals surface area contributed by atoms with Gasteiger partial charge < -0.3 is 9.47 Å². The molecule has 3 heteroatoms. The van der Waals surface area contributed by atoms with E-state index in [2.05, 4.69) is 13.8 Å². The molecule has 0 aromatic carbocycles. The average molecular weight is 329 g/mol. The topological polar surface area (TPSA) is 35.5 Å². The first kappa shape index (κ1) is 22.4. The number of ether oxygens (including phenoxy) is 2. The molecule has 0 radical (unpaired) electrons. The van der Waals surface area contributed by atoms with Crippen molar-refractivity contribution in [2.75, 3.05) is 6.61 Å². The van der Waals surface area contributed by atoms with Crippen LogP contribution in [0.25, 0.3) is 0 Å². The molecule has 0 N–H and O–H groups in total. The van der Waals surface area contributed by atoms with Crippen molar-refractivity contribution in [3.63, 3.8) is 0 Å². The fourth-order valence-electron chi connectivity index (χ4n) is 2.61. The van der Waals surface area contributed by atoms with Crippen molar-refractivity contribution in [2.45, 2.75) is 117 Å². The molecule has 0 saturated heterocycles. The minimum absolute atomic E-state index is 0.120. The van der Waals surface area contributed by atoms with Gasteiger partial charge in [0, 0.05) is 6.42 Å². The molecule has 0 aliphatic heterocycles. The highest BCUT2D eigenvalue weighted by molar-refractivity contribution is 5.69. The molecule has 0 bridgehead atoms. The Kier molecular flexibility index (Phi) is 17.3. The average Bonchev–Trinajstić information content (AvgIpc) is 2.52. The van der Waals surface area contributed by atoms with Crippen LogP contribution < -0.4 is 0 Å². The molecule has 1 atom stereocenters. The zero-order valence-corrected chi connectivity index (χ0v) is 15.9. The lowest BCUT2D eigenvalue weighted by Crippen LogP contribution is -2.18. The number of hydrogen-bond donors (Lipinski definition) is 0. The van der Waals surface area contributed by atoms with Crippen LogP contribution in [0, 0.1) is 0 Å². The van der Waals surface area contributed by atoms with Crippen molar-refractivity contribution in [3.8, 4) is 0 Å². The second kappa shape index (κ2) is 17.8. The Balaban J connectivity index is 3.26. The molecule has 23 heavy (non-hydrogen) atoms. The van der Waals surface area contributed by atoms with Crippen LogP contribution in [0.5, 0.6) is 0 Å². The van der Waals surface area contributed by atoms with E-state index in [9.17, 15) is 4.79 Å². The molecule has 138 valence electrons. The molecule has 0 spiro atoms. The van der Waals surface area contributed by atoms with Gasteiger partial charge in [-0.15, -0.1) is 0 Å². The van der Waals surface area contributed by atoms with E-state index in [1.807, 2.05) is 0 Å². The van der Waals surface area contributed by atoms with Gasteiger partial charge in [0.15, 0.2) is 6.29 Å². The summed E-state index contributed by atoms with van der Waals surface area (Å²) in [5.74, 6) is -0.120. The van der Waals surface area contributed by atoms with E-state index in [4.69, 9.17) is 9.47 Å². The fourth-order valence-corrected chi connectivity index (χ4v) is 2.61. The minimum atomic E-state index is -0.401. The van der Waals surface area contributed by atoms with Gasteiger partial charge in [0.25, 0.3) is 0 Å². The Morgan fingerprint density at radius 2 is 1.22 bits per heavy atom. The van der Waals surface area contributed by atoms with Crippen molar-refractivity contribution in [1.29, 1.82) is 0 Å². The van der Waals surface area contributed by atoms with E-state index in [1.165, 1.54) is 57.8 Å². The van der Waals surface area contributed by atoms with Gasteiger partial charge in [-0.25, -0.2) is 0 Å². The van der Waals surface area contributed by atoms with E-state index in [0.29, 0.717) is 13.0 Å². The van der Waals surface area contributed by atoms with Gasteiger partial charge in [-0.05, 0) is 19.8 Å². The highest BCUT2D eigenvalue weighted by Crippen LogP contribution is 2.12. The highest BCUT2D eigenvalue weighted by atomic mass is 16.7. The molecule has 0 rings (SSSR count). The second-order valence-corrected chi connectivity index (χ2v) is 6.57. The molecule has 0 aliphatic carbocycles. The Morgan fingerprint density at radius 1 is 0.739 bits per heavy atom. The van der Waals surface area contributed by atoms with Crippen LogP contribution in [0.15, 0.2) is 0 Å². The molecule has 0 saturated carbocycles. The first-order valence-electron chi connectivity index (χ1n) is 10.0. The predicted molar refractivity (Wildman–Crippen MR) is 97.5 cm³/mol. The summed E-state index contributed by atoms with van der Waals surface area (Å²) in [6, 6.07) is 0. The molecular weight excluding hydrogens is 288 g/mol. The number of carbonyl (C=O) groups excluding carboxylic acids is 1. The smallest absolute Gasteiger partial charge is 0.308 e. The van der Waals surface area contributed by atoms with E-state index in [-0.39, 0.29) is 5.97 Å². The largest absolute Gasteiger partial charge is 0.436 e. The summed E-state index contributed by atoms with van der Waals surface area (Å²) in [6.07, 6.45) is 16.5. The summed E-state index contributed by atoms with van der Waals surface area (Å²) < 4.78 is 10.6. The van der Waals surface area contributed by atoms with Crippen molar-refractivity contribution in [2.24, 2.45) is 0 Å². The molecule has 0 aromatic heterocycles. The Hall–Kier alpha value is -0.570. The van der Waals surface area contributed by atoms with Gasteiger partial charge in [-0.2, -0.15) is 0 Å². The number of carbonyl (C=O) groups is 1. The van der Waals surface area contributed by atoms with Crippen LogP contribution >= 0.6 is 0 Å². The Bertz CT molecular complexity index is 253. The van der Waals surface area contributed by atoms with Crippen LogP contribution in [0.2, 0.25) is 0 Å². The van der Waals surface area contributed by atoms with Crippen molar-refractivity contribution < 1.29 is 14.3 Å². The summed E-state index contributed by atoms with van der Waals surface area (Å²) in [7, 11) is 0. The summed E-state index contributed by atoms with van der Waals surface area (Å²) in [6.45, 7) is 6.85. The van der Waals surface area contributed by atoms with E-state index >= 15 is 0 Å². The zero-order chi connectivity index (χ0) is 17.2. The molecule has 1 unspecified atom stereocenters. The molecule has 0 aliphatic rings. The molecule has 0 heterocycles. The third kappa shape index (κ3) is 17.6. The fraction of sp³-hybridized carbons (Fsp3) is 0.950. The van der Waals surface area contributed by atoms with Gasteiger partial charge in [-0.3, -0.25) is 4.79 Å². The lowest BCUT2D eigenvalue weighted by molar-refractivity contribution is -0.175. The van der Waals surface area contributed by atoms with Crippen molar-refractivity contribution in [1.82, 2.24) is 0 Å². The van der Waals surface area contributed by atoms with Gasteiger partial charge in [-0.1, -0.05) is 84.5 Å². The maximum atomic E-state index is 11.6. The monoisotopic (exact) mass is 328 g/mol. The minimum Gasteiger partial charge on any atom is -0.436 e. The van der Waals surface area contributed by atoms with Crippen LogP contribution in [0.1, 0.15) is 111 Å². The summed E-state index contributed by atoms with van der Waals surface area (Å²) in [5, 5.41) is 0. The lowest BCUT2D eigenvalue weighted by Gasteiger charge is -2.13. The number of rotatable bonds is 17. The maximum Gasteiger partial charge on any atom is 0.308 e. The van der Waals surface area contributed by atoms with Gasteiger partial charge in [0.1, 0.15) is 0 Å². The molecule has 0 fully saturated rings. The zero-order valence-electron chi connectivity index (χ0n) is 15.9. The highest BCUT2D eigenvalue weighted by Gasteiger charge is 2.08. The van der Waals surface area contributed by atoms with E-state index in [0.717, 1.165) is 25.7 Å². The van der Waals surface area contributed by atoms with E-state index < -0.39 is 6.29 Å². The van der Waals surface area contributed by atoms with Crippen LogP contribution in [-0.2, 0) is 14.3 Å². The summed E-state index contributed by atoms with van der Waals surface area (Å²) in [4.78, 5) is 11.6. The Morgan fingerprint density at radius 3 is 1.74 bits per heavy atom. The molecule has 0 aromatic rings. The third-order valence-electron chi connectivity index (χ3n) is 4.13. The lowest BCUT2D eigenvalue weighted by atomic mass is 10.1. The molecule has 3 nitrogen and oxygen atoms in total. The van der Waals surface area contributed by atoms with Crippen LogP contribution in [0.3, 0.4) is 0 Å². The van der Waals surface area contributed by atoms with Crippen molar-refractivity contribution >= 4 is 5.97 Å². The first-order chi connectivity index (χ1) is 11.2. The van der Waals surface area contributed by atoms with Gasteiger partial charge in [0.05, 0.1) is 6.61 Å². The standard InChI is InChI=1S/C20H40O3/c1-4-6-8-9-10-11-12-13-14-15-16-17-20(21)23-19(3)22-18-7-5-2/h19H,4-18H2,1-3H3. The first-order valence-corrected chi connectivity index (χ1v) is 10.0. The SMILES string of the molecule is CCCCCCCCCCCCCC(=O)OC(C)OCCCC. The quantitative estimate of drug-likeness (QED) is 0.176. The third-order valence-corrected chi connectivity index (χ3v) is 4.13. The maximum absolute atomic E-state index is 11.6. The van der Waals surface area contributed by atoms with Crippen molar-refractivity contribution in [3.05, 3.63) is 0 Å². The van der Waals surface area contributed by atoms with Crippen LogP contribution in [0.4, 0.5) is 0 Å². The van der Waals surface area contributed by atoms with E-state index in [1.54, 1.807) is 6.92 Å². The molecular formula is C20H40O3. The number of esters is 1. The normalized spacial score (nSPS) is 12.3. The van der Waals surface area contributed by atoms with Crippen LogP contribution in [-0.4, -0.2) is 18.9 Å². The second-order valence-electron chi connectivity index (χ2n) is 6.57. The molecule has 0 amide bonds. The number of hydrogen-bond acceptors (Lipinski definition) is 3. The predicted octanol–water partition coefficient (Wildman–Crippen LogP) is 6.39. The Labute approximate surface area is 144 Å². The summed E-state index contributed by atoms with van der Waals surface area (Å²) >= 11 is 0.